The third-order valence-corrected chi connectivity index (χ3v) is 4.77. The second-order valence-electron chi connectivity index (χ2n) is 6.35. The summed E-state index contributed by atoms with van der Waals surface area (Å²) in [6.45, 7) is 0. The van der Waals surface area contributed by atoms with E-state index in [-0.39, 0.29) is 5.91 Å². The Labute approximate surface area is 162 Å². The monoisotopic (exact) mass is 375 g/mol. The summed E-state index contributed by atoms with van der Waals surface area (Å²) in [5.74, 6) is 0.110. The van der Waals surface area contributed by atoms with Crippen LogP contribution in [0.15, 0.2) is 83.3 Å². The molecular formula is C23H18ClNO2. The number of furan rings is 1. The van der Waals surface area contributed by atoms with E-state index < -0.39 is 0 Å². The Morgan fingerprint density at radius 3 is 2.33 bits per heavy atom. The molecule has 0 fully saturated rings. The summed E-state index contributed by atoms with van der Waals surface area (Å²) in [6.07, 6.45) is 1.57. The Balaban J connectivity index is 1.64. The van der Waals surface area contributed by atoms with Crippen LogP contribution in [0.25, 0.3) is 11.0 Å². The molecule has 3 nitrogen and oxygen atoms in total. The van der Waals surface area contributed by atoms with Crippen molar-refractivity contribution in [2.24, 2.45) is 0 Å². The first kappa shape index (κ1) is 17.4. The lowest BCUT2D eigenvalue weighted by Gasteiger charge is -2.06. The van der Waals surface area contributed by atoms with E-state index in [2.05, 4.69) is 17.4 Å². The van der Waals surface area contributed by atoms with Crippen molar-refractivity contribution < 1.29 is 9.21 Å². The molecule has 0 spiro atoms. The summed E-state index contributed by atoms with van der Waals surface area (Å²) in [5.41, 5.74) is 3.56. The summed E-state index contributed by atoms with van der Waals surface area (Å²) in [6, 6.07) is 25.0. The van der Waals surface area contributed by atoms with Gasteiger partial charge in [-0.05, 0) is 48.7 Å². The highest BCUT2D eigenvalue weighted by Gasteiger charge is 2.20. The quantitative estimate of drug-likeness (QED) is 0.456. The van der Waals surface area contributed by atoms with Gasteiger partial charge in [0.05, 0.1) is 0 Å². The minimum atomic E-state index is -0.253. The maximum atomic E-state index is 12.9. The number of anilines is 1. The standard InChI is InChI=1S/C23H18ClNO2/c24-17-11-13-18(14-12-17)25-23(26)22-20(15-10-16-6-2-1-3-7-16)19-8-4-5-9-21(19)27-22/h1-9,11-14H,10,15H2,(H,25,26). The van der Waals surface area contributed by atoms with E-state index in [1.807, 2.05) is 42.5 Å². The third kappa shape index (κ3) is 3.88. The van der Waals surface area contributed by atoms with Gasteiger partial charge < -0.3 is 9.73 Å². The fourth-order valence-electron chi connectivity index (χ4n) is 3.17. The van der Waals surface area contributed by atoms with E-state index in [4.69, 9.17) is 16.0 Å². The van der Waals surface area contributed by atoms with Crippen LogP contribution in [-0.4, -0.2) is 5.91 Å². The number of benzene rings is 3. The van der Waals surface area contributed by atoms with Gasteiger partial charge >= 0.3 is 0 Å². The van der Waals surface area contributed by atoms with Gasteiger partial charge in [0, 0.05) is 21.7 Å². The normalized spacial score (nSPS) is 10.9. The van der Waals surface area contributed by atoms with Gasteiger partial charge in [-0.2, -0.15) is 0 Å². The Bertz CT molecular complexity index is 1070. The molecule has 27 heavy (non-hydrogen) atoms. The number of hydrogen-bond acceptors (Lipinski definition) is 2. The van der Waals surface area contributed by atoms with Crippen LogP contribution in [0.4, 0.5) is 5.69 Å². The van der Waals surface area contributed by atoms with Crippen LogP contribution in [0.3, 0.4) is 0 Å². The van der Waals surface area contributed by atoms with Gasteiger partial charge in [-0.25, -0.2) is 0 Å². The highest BCUT2D eigenvalue weighted by molar-refractivity contribution is 6.30. The van der Waals surface area contributed by atoms with Crippen molar-refractivity contribution in [2.45, 2.75) is 12.8 Å². The van der Waals surface area contributed by atoms with Crippen molar-refractivity contribution in [3.05, 3.63) is 101 Å². The Hall–Kier alpha value is -3.04. The fraction of sp³-hybridized carbons (Fsp3) is 0.0870. The smallest absolute Gasteiger partial charge is 0.291 e. The topological polar surface area (TPSA) is 42.2 Å². The fourth-order valence-corrected chi connectivity index (χ4v) is 3.29. The molecule has 4 aromatic rings. The average molecular weight is 376 g/mol. The van der Waals surface area contributed by atoms with Crippen LogP contribution in [0, 0.1) is 0 Å². The maximum absolute atomic E-state index is 12.9. The maximum Gasteiger partial charge on any atom is 0.291 e. The van der Waals surface area contributed by atoms with E-state index in [0.717, 1.165) is 29.4 Å². The number of para-hydroxylation sites is 1. The number of halogens is 1. The van der Waals surface area contributed by atoms with E-state index in [1.54, 1.807) is 24.3 Å². The SMILES string of the molecule is O=C(Nc1ccc(Cl)cc1)c1oc2ccccc2c1CCc1ccccc1. The summed E-state index contributed by atoms with van der Waals surface area (Å²) in [7, 11) is 0. The van der Waals surface area contributed by atoms with E-state index >= 15 is 0 Å². The lowest BCUT2D eigenvalue weighted by molar-refractivity contribution is 0.0997. The molecule has 0 unspecified atom stereocenters. The number of carbonyl (C=O) groups excluding carboxylic acids is 1. The summed E-state index contributed by atoms with van der Waals surface area (Å²) in [4.78, 5) is 12.9. The van der Waals surface area contributed by atoms with Gasteiger partial charge in [0.1, 0.15) is 5.58 Å². The third-order valence-electron chi connectivity index (χ3n) is 4.51. The zero-order chi connectivity index (χ0) is 18.6. The number of nitrogens with one attached hydrogen (secondary N) is 1. The molecule has 0 aliphatic rings. The van der Waals surface area contributed by atoms with Crippen molar-refractivity contribution in [1.82, 2.24) is 0 Å². The second-order valence-corrected chi connectivity index (χ2v) is 6.79. The number of aryl methyl sites for hydroxylation is 2. The molecule has 4 rings (SSSR count). The number of hydrogen-bond donors (Lipinski definition) is 1. The number of amides is 1. The molecule has 1 amide bonds. The number of carbonyl (C=O) groups is 1. The molecule has 0 bridgehead atoms. The molecule has 134 valence electrons. The molecule has 0 saturated carbocycles. The van der Waals surface area contributed by atoms with Gasteiger partial charge in [-0.3, -0.25) is 4.79 Å². The van der Waals surface area contributed by atoms with Crippen molar-refractivity contribution in [1.29, 1.82) is 0 Å². The van der Waals surface area contributed by atoms with Gasteiger partial charge in [0.2, 0.25) is 0 Å². The van der Waals surface area contributed by atoms with Crippen molar-refractivity contribution in [3.8, 4) is 0 Å². The molecule has 0 atom stereocenters. The molecule has 4 heteroatoms. The minimum absolute atomic E-state index is 0.253. The second kappa shape index (κ2) is 7.68. The Morgan fingerprint density at radius 1 is 0.852 bits per heavy atom. The molecule has 0 radical (unpaired) electrons. The van der Waals surface area contributed by atoms with Crippen molar-refractivity contribution in [3.63, 3.8) is 0 Å². The summed E-state index contributed by atoms with van der Waals surface area (Å²) >= 11 is 5.91. The van der Waals surface area contributed by atoms with Crippen LogP contribution in [-0.2, 0) is 12.8 Å². The summed E-state index contributed by atoms with van der Waals surface area (Å²) in [5, 5.41) is 4.50. The lowest BCUT2D eigenvalue weighted by atomic mass is 10.0. The molecule has 3 aromatic carbocycles. The van der Waals surface area contributed by atoms with Crippen molar-refractivity contribution >= 4 is 34.2 Å². The van der Waals surface area contributed by atoms with E-state index in [0.29, 0.717) is 16.5 Å². The Kier molecular flexibility index (Phi) is 4.95. The van der Waals surface area contributed by atoms with Crippen LogP contribution in [0.2, 0.25) is 5.02 Å². The van der Waals surface area contributed by atoms with Gasteiger partial charge in [0.15, 0.2) is 5.76 Å². The first-order valence-electron chi connectivity index (χ1n) is 8.82. The first-order valence-corrected chi connectivity index (χ1v) is 9.20. The van der Waals surface area contributed by atoms with Crippen LogP contribution < -0.4 is 5.32 Å². The molecule has 0 aliphatic heterocycles. The van der Waals surface area contributed by atoms with E-state index in [1.165, 1.54) is 5.56 Å². The number of fused-ring (bicyclic) bond motifs is 1. The highest BCUT2D eigenvalue weighted by Crippen LogP contribution is 2.28. The van der Waals surface area contributed by atoms with Gasteiger partial charge in [0.25, 0.3) is 5.91 Å². The van der Waals surface area contributed by atoms with Crippen LogP contribution in [0.1, 0.15) is 21.7 Å². The van der Waals surface area contributed by atoms with Gasteiger partial charge in [-0.15, -0.1) is 0 Å². The minimum Gasteiger partial charge on any atom is -0.451 e. The molecule has 0 aliphatic carbocycles. The van der Waals surface area contributed by atoms with Gasteiger partial charge in [-0.1, -0.05) is 60.1 Å². The lowest BCUT2D eigenvalue weighted by Crippen LogP contribution is -2.13. The molecule has 0 saturated heterocycles. The average Bonchev–Trinajstić information content (AvgIpc) is 3.08. The molecular weight excluding hydrogens is 358 g/mol. The predicted molar refractivity (Wildman–Crippen MR) is 109 cm³/mol. The largest absolute Gasteiger partial charge is 0.451 e. The zero-order valence-corrected chi connectivity index (χ0v) is 15.4. The predicted octanol–water partition coefficient (Wildman–Crippen LogP) is 6.12. The number of rotatable bonds is 5. The molecule has 1 N–H and O–H groups in total. The highest BCUT2D eigenvalue weighted by atomic mass is 35.5. The van der Waals surface area contributed by atoms with Crippen LogP contribution >= 0.6 is 11.6 Å². The van der Waals surface area contributed by atoms with Crippen LogP contribution in [0.5, 0.6) is 0 Å². The molecule has 1 heterocycles. The van der Waals surface area contributed by atoms with E-state index in [9.17, 15) is 4.79 Å². The Morgan fingerprint density at radius 2 is 1.56 bits per heavy atom. The van der Waals surface area contributed by atoms with Crippen molar-refractivity contribution in [2.75, 3.05) is 5.32 Å². The molecule has 1 aromatic heterocycles. The first-order chi connectivity index (χ1) is 13.2. The zero-order valence-electron chi connectivity index (χ0n) is 14.6. The summed E-state index contributed by atoms with van der Waals surface area (Å²) < 4.78 is 5.91.